The predicted octanol–water partition coefficient (Wildman–Crippen LogP) is 4.46. The molecule has 1 aromatic heterocycles. The molecule has 2 aromatic carbocycles. The zero-order chi connectivity index (χ0) is 23.3. The molecule has 0 aliphatic rings. The van der Waals surface area contributed by atoms with Gasteiger partial charge in [-0.3, -0.25) is 15.2 Å². The van der Waals surface area contributed by atoms with Crippen LogP contribution in [0.1, 0.15) is 35.3 Å². The number of aromatic nitrogens is 1. The van der Waals surface area contributed by atoms with Gasteiger partial charge in [-0.25, -0.2) is 8.42 Å². The number of halogens is 1. The fourth-order valence-corrected chi connectivity index (χ4v) is 5.05. The van der Waals surface area contributed by atoms with Crippen molar-refractivity contribution in [3.8, 4) is 0 Å². The number of amides is 1. The van der Waals surface area contributed by atoms with Crippen LogP contribution in [0.2, 0.25) is 5.02 Å². The van der Waals surface area contributed by atoms with Crippen molar-refractivity contribution >= 4 is 38.1 Å². The number of carbonyl (C=O) groups excluding carboxylic acids is 1. The van der Waals surface area contributed by atoms with Crippen LogP contribution in [0.3, 0.4) is 0 Å². The van der Waals surface area contributed by atoms with E-state index in [1.165, 1.54) is 18.2 Å². The van der Waals surface area contributed by atoms with E-state index in [1.54, 1.807) is 61.8 Å². The van der Waals surface area contributed by atoms with Crippen LogP contribution in [-0.2, 0) is 9.84 Å². The monoisotopic (exact) mass is 470 g/mol. The van der Waals surface area contributed by atoms with Crippen LogP contribution >= 0.6 is 11.6 Å². The number of nitrogens with one attached hydrogen (secondary N) is 2. The second-order valence-electron chi connectivity index (χ2n) is 7.18. The van der Waals surface area contributed by atoms with E-state index in [0.717, 1.165) is 0 Å². The molecule has 0 saturated heterocycles. The van der Waals surface area contributed by atoms with Gasteiger partial charge in [0.1, 0.15) is 5.04 Å². The average Bonchev–Trinajstić information content (AvgIpc) is 2.80. The van der Waals surface area contributed by atoms with Crippen molar-refractivity contribution in [1.29, 1.82) is 5.41 Å². The minimum Gasteiger partial charge on any atom is -0.323 e. The highest BCUT2D eigenvalue weighted by atomic mass is 35.5. The van der Waals surface area contributed by atoms with E-state index in [9.17, 15) is 13.2 Å². The van der Waals surface area contributed by atoms with Crippen LogP contribution in [-0.4, -0.2) is 24.4 Å². The van der Waals surface area contributed by atoms with E-state index in [0.29, 0.717) is 23.2 Å². The second kappa shape index (κ2) is 10.0. The maximum absolute atomic E-state index is 12.9. The molecule has 0 spiro atoms. The van der Waals surface area contributed by atoms with Crippen LogP contribution in [0.4, 0.5) is 5.69 Å². The minimum atomic E-state index is -4.03. The number of anilines is 1. The van der Waals surface area contributed by atoms with Gasteiger partial charge in [0.15, 0.2) is 0 Å². The minimum absolute atomic E-state index is 0.0382. The average molecular weight is 471 g/mol. The molecule has 2 atom stereocenters. The lowest BCUT2D eigenvalue weighted by Crippen LogP contribution is -2.32. The molecule has 0 aliphatic carbocycles. The van der Waals surface area contributed by atoms with Gasteiger partial charge in [0, 0.05) is 40.6 Å². The van der Waals surface area contributed by atoms with Crippen molar-refractivity contribution < 1.29 is 13.2 Å². The molecule has 2 unspecified atom stereocenters. The quantitative estimate of drug-likeness (QED) is 0.347. The molecule has 4 N–H and O–H groups in total. The topological polar surface area (TPSA) is 126 Å². The lowest BCUT2D eigenvalue weighted by Gasteiger charge is -2.24. The molecule has 7 nitrogen and oxygen atoms in total. The molecule has 0 aliphatic heterocycles. The van der Waals surface area contributed by atoms with Crippen molar-refractivity contribution in [2.24, 2.45) is 11.7 Å². The zero-order valence-corrected chi connectivity index (χ0v) is 18.9. The number of sulfone groups is 1. The third kappa shape index (κ3) is 5.21. The molecule has 0 bridgehead atoms. The Labute approximate surface area is 192 Å². The summed E-state index contributed by atoms with van der Waals surface area (Å²) in [5, 5.41) is 11.0. The Morgan fingerprint density at radius 2 is 1.78 bits per heavy atom. The number of nitrogens with zero attached hydrogens (tertiary/aromatic N) is 1. The van der Waals surface area contributed by atoms with Gasteiger partial charge < -0.3 is 11.1 Å². The Hall–Kier alpha value is -3.07. The summed E-state index contributed by atoms with van der Waals surface area (Å²) in [6.45, 7) is 1.78. The van der Waals surface area contributed by atoms with Crippen LogP contribution in [0.5, 0.6) is 0 Å². The highest BCUT2D eigenvalue weighted by Gasteiger charge is 2.32. The normalized spacial score (nSPS) is 13.2. The summed E-state index contributed by atoms with van der Waals surface area (Å²) in [6, 6.07) is 15.0. The first-order valence-corrected chi connectivity index (χ1v) is 11.8. The number of rotatable bonds is 7. The molecule has 0 saturated carbocycles. The lowest BCUT2D eigenvalue weighted by atomic mass is 9.92. The van der Waals surface area contributed by atoms with Gasteiger partial charge in [-0.15, -0.1) is 0 Å². The maximum Gasteiger partial charge on any atom is 0.255 e. The van der Waals surface area contributed by atoms with Crippen molar-refractivity contribution in [3.63, 3.8) is 0 Å². The number of carbonyl (C=O) groups is 1. The van der Waals surface area contributed by atoms with E-state index in [2.05, 4.69) is 10.3 Å². The van der Waals surface area contributed by atoms with Crippen molar-refractivity contribution in [3.05, 3.63) is 89.2 Å². The highest BCUT2D eigenvalue weighted by Crippen LogP contribution is 2.29. The summed E-state index contributed by atoms with van der Waals surface area (Å²) in [6.07, 6.45) is 3.51. The molecule has 0 fully saturated rings. The van der Waals surface area contributed by atoms with Crippen molar-refractivity contribution in [2.45, 2.75) is 24.3 Å². The summed E-state index contributed by atoms with van der Waals surface area (Å²) >= 11 is 5.92. The van der Waals surface area contributed by atoms with Gasteiger partial charge in [0.25, 0.3) is 5.91 Å². The van der Waals surface area contributed by atoms with Gasteiger partial charge in [-0.1, -0.05) is 36.7 Å². The fraction of sp³-hybridized carbons (Fsp3) is 0.174. The SMILES string of the molecule is CCC(C(=N)S(=O)(=O)c1cccc(Cl)c1)C(N)c1ccc(C(=O)Nc2ccncc2)cc1. The van der Waals surface area contributed by atoms with Gasteiger partial charge in [0.05, 0.1) is 4.90 Å². The molecule has 1 heterocycles. The smallest absolute Gasteiger partial charge is 0.255 e. The van der Waals surface area contributed by atoms with Crippen LogP contribution < -0.4 is 11.1 Å². The van der Waals surface area contributed by atoms with E-state index in [1.807, 2.05) is 0 Å². The third-order valence-corrected chi connectivity index (χ3v) is 7.09. The Balaban J connectivity index is 1.78. The number of nitrogens with two attached hydrogens (primary N) is 1. The number of hydrogen-bond donors (Lipinski definition) is 3. The van der Waals surface area contributed by atoms with E-state index in [-0.39, 0.29) is 15.8 Å². The number of pyridine rings is 1. The summed E-state index contributed by atoms with van der Waals surface area (Å²) in [5.74, 6) is -1.03. The van der Waals surface area contributed by atoms with Crippen molar-refractivity contribution in [1.82, 2.24) is 4.98 Å². The van der Waals surface area contributed by atoms with Crippen molar-refractivity contribution in [2.75, 3.05) is 5.32 Å². The molecule has 9 heteroatoms. The molecule has 32 heavy (non-hydrogen) atoms. The van der Waals surface area contributed by atoms with Gasteiger partial charge in [0.2, 0.25) is 9.84 Å². The van der Waals surface area contributed by atoms with Gasteiger partial charge in [-0.05, 0) is 54.4 Å². The Kier molecular flexibility index (Phi) is 7.40. The molecular weight excluding hydrogens is 448 g/mol. The first-order chi connectivity index (χ1) is 15.2. The van der Waals surface area contributed by atoms with E-state index >= 15 is 0 Å². The maximum atomic E-state index is 12.9. The molecular formula is C23H23ClN4O3S. The zero-order valence-electron chi connectivity index (χ0n) is 17.3. The molecule has 0 radical (unpaired) electrons. The first kappa shape index (κ1) is 23.6. The van der Waals surface area contributed by atoms with E-state index < -0.39 is 26.8 Å². The highest BCUT2D eigenvalue weighted by molar-refractivity contribution is 8.06. The Morgan fingerprint density at radius 3 is 2.38 bits per heavy atom. The first-order valence-electron chi connectivity index (χ1n) is 9.90. The molecule has 3 aromatic rings. The van der Waals surface area contributed by atoms with Gasteiger partial charge >= 0.3 is 0 Å². The number of benzene rings is 2. The number of hydrogen-bond acceptors (Lipinski definition) is 6. The summed E-state index contributed by atoms with van der Waals surface area (Å²) in [5.41, 5.74) is 8.04. The summed E-state index contributed by atoms with van der Waals surface area (Å²) < 4.78 is 25.9. The molecule has 1 amide bonds. The lowest BCUT2D eigenvalue weighted by molar-refractivity contribution is 0.102. The summed E-state index contributed by atoms with van der Waals surface area (Å²) in [4.78, 5) is 16.3. The standard InChI is InChI=1S/C23H23ClN4O3S/c1-2-20(22(26)32(30,31)19-5-3-4-17(24)14-19)21(25)15-6-8-16(9-7-15)23(29)28-18-10-12-27-13-11-18/h3-14,20-21,26H,2,25H2,1H3,(H,27,28,29). The summed E-state index contributed by atoms with van der Waals surface area (Å²) in [7, 11) is -4.03. The second-order valence-corrected chi connectivity index (χ2v) is 9.53. The van der Waals surface area contributed by atoms with Crippen LogP contribution in [0, 0.1) is 11.3 Å². The van der Waals surface area contributed by atoms with Crippen LogP contribution in [0.15, 0.2) is 78.0 Å². The fourth-order valence-electron chi connectivity index (χ4n) is 3.29. The Bertz CT molecular complexity index is 1220. The predicted molar refractivity (Wildman–Crippen MR) is 126 cm³/mol. The van der Waals surface area contributed by atoms with E-state index in [4.69, 9.17) is 22.7 Å². The third-order valence-electron chi connectivity index (χ3n) is 5.10. The van der Waals surface area contributed by atoms with Gasteiger partial charge in [-0.2, -0.15) is 0 Å². The largest absolute Gasteiger partial charge is 0.323 e. The Morgan fingerprint density at radius 1 is 1.12 bits per heavy atom. The van der Waals surface area contributed by atoms with Crippen LogP contribution in [0.25, 0.3) is 0 Å². The molecule has 166 valence electrons. The molecule has 3 rings (SSSR count).